The Morgan fingerprint density at radius 3 is 3.00 bits per heavy atom. The summed E-state index contributed by atoms with van der Waals surface area (Å²) < 4.78 is 6.68. The normalized spacial score (nSPS) is 10.8. The van der Waals surface area contributed by atoms with Crippen LogP contribution in [0.3, 0.4) is 0 Å². The topological polar surface area (TPSA) is 70.1 Å². The largest absolute Gasteiger partial charge is 0.448 e. The fourth-order valence-corrected chi connectivity index (χ4v) is 2.13. The molecule has 0 aliphatic heterocycles. The third-order valence-electron chi connectivity index (χ3n) is 2.74. The van der Waals surface area contributed by atoms with Crippen LogP contribution in [0.4, 0.5) is 4.79 Å². The molecule has 0 aliphatic carbocycles. The molecule has 2 rings (SSSR count). The molecule has 6 heteroatoms. The number of para-hydroxylation sites is 1. The van der Waals surface area contributed by atoms with E-state index >= 15 is 0 Å². The van der Waals surface area contributed by atoms with Crippen LogP contribution in [0.15, 0.2) is 18.2 Å². The van der Waals surface area contributed by atoms with Crippen LogP contribution < -0.4 is 5.73 Å². The summed E-state index contributed by atoms with van der Waals surface area (Å²) in [5.41, 5.74) is 7.93. The number of ether oxygens (including phenoxy) is 1. The Morgan fingerprint density at radius 1 is 1.56 bits per heavy atom. The first-order valence-corrected chi connectivity index (χ1v) is 6.10. The molecule has 1 heterocycles. The van der Waals surface area contributed by atoms with Gasteiger partial charge in [0.25, 0.3) is 0 Å². The molecule has 0 saturated heterocycles. The zero-order valence-electron chi connectivity index (χ0n) is 10.0. The van der Waals surface area contributed by atoms with Gasteiger partial charge in [-0.3, -0.25) is 0 Å². The fourth-order valence-electron chi connectivity index (χ4n) is 1.92. The predicted octanol–water partition coefficient (Wildman–Crippen LogP) is 2.18. The standard InChI is InChI=1S/C12H14ClN3O2/c1-8-3-2-4-9-11(8)15-10(7-13)16(9)5-6-18-12(14)17/h2-4H,5-7H2,1H3,(H2,14,17). The van der Waals surface area contributed by atoms with E-state index in [1.165, 1.54) is 0 Å². The van der Waals surface area contributed by atoms with Crippen molar-refractivity contribution in [2.75, 3.05) is 6.61 Å². The van der Waals surface area contributed by atoms with Crippen molar-refractivity contribution in [2.45, 2.75) is 19.3 Å². The maximum Gasteiger partial charge on any atom is 0.404 e. The molecule has 2 aromatic rings. The zero-order valence-corrected chi connectivity index (χ0v) is 10.8. The zero-order chi connectivity index (χ0) is 13.1. The number of carbonyl (C=O) groups is 1. The van der Waals surface area contributed by atoms with Gasteiger partial charge in [0.1, 0.15) is 12.4 Å². The average Bonchev–Trinajstić information content (AvgIpc) is 2.69. The molecule has 1 aromatic carbocycles. The van der Waals surface area contributed by atoms with E-state index in [0.29, 0.717) is 12.4 Å². The number of nitrogens with zero attached hydrogens (tertiary/aromatic N) is 2. The van der Waals surface area contributed by atoms with E-state index in [0.717, 1.165) is 22.4 Å². The smallest absolute Gasteiger partial charge is 0.404 e. The van der Waals surface area contributed by atoms with Gasteiger partial charge >= 0.3 is 6.09 Å². The minimum absolute atomic E-state index is 0.207. The molecular formula is C12H14ClN3O2. The molecule has 0 atom stereocenters. The summed E-state index contributed by atoms with van der Waals surface area (Å²) in [4.78, 5) is 15.0. The van der Waals surface area contributed by atoms with Crippen molar-refractivity contribution >= 4 is 28.7 Å². The van der Waals surface area contributed by atoms with Crippen LogP contribution in [0.2, 0.25) is 0 Å². The van der Waals surface area contributed by atoms with E-state index < -0.39 is 6.09 Å². The molecule has 0 radical (unpaired) electrons. The van der Waals surface area contributed by atoms with Gasteiger partial charge in [0.15, 0.2) is 0 Å². The number of aromatic nitrogens is 2. The molecule has 0 bridgehead atoms. The number of rotatable bonds is 4. The van der Waals surface area contributed by atoms with Gasteiger partial charge in [-0.1, -0.05) is 12.1 Å². The predicted molar refractivity (Wildman–Crippen MR) is 69.6 cm³/mol. The molecule has 1 aromatic heterocycles. The number of halogens is 1. The number of carbonyl (C=O) groups excluding carboxylic acids is 1. The van der Waals surface area contributed by atoms with E-state index in [-0.39, 0.29) is 6.61 Å². The number of benzene rings is 1. The first-order valence-electron chi connectivity index (χ1n) is 5.56. The van der Waals surface area contributed by atoms with E-state index in [4.69, 9.17) is 22.1 Å². The summed E-state index contributed by atoms with van der Waals surface area (Å²) >= 11 is 5.88. The summed E-state index contributed by atoms with van der Waals surface area (Å²) in [5.74, 6) is 1.07. The number of hydrogen-bond acceptors (Lipinski definition) is 3. The lowest BCUT2D eigenvalue weighted by atomic mass is 10.2. The average molecular weight is 268 g/mol. The number of hydrogen-bond donors (Lipinski definition) is 1. The quantitative estimate of drug-likeness (QED) is 0.863. The van der Waals surface area contributed by atoms with Gasteiger partial charge in [0.05, 0.1) is 23.5 Å². The van der Waals surface area contributed by atoms with Crippen molar-refractivity contribution in [3.05, 3.63) is 29.6 Å². The maximum atomic E-state index is 10.5. The molecule has 0 aliphatic rings. The minimum atomic E-state index is -0.775. The Hall–Kier alpha value is -1.75. The molecule has 18 heavy (non-hydrogen) atoms. The van der Waals surface area contributed by atoms with Gasteiger partial charge in [-0.15, -0.1) is 11.6 Å². The Balaban J connectivity index is 2.35. The SMILES string of the molecule is Cc1cccc2c1nc(CCl)n2CCOC(N)=O. The van der Waals surface area contributed by atoms with Crippen LogP contribution in [0, 0.1) is 6.92 Å². The Morgan fingerprint density at radius 2 is 2.33 bits per heavy atom. The summed E-state index contributed by atoms with van der Waals surface area (Å²) in [7, 11) is 0. The van der Waals surface area contributed by atoms with Gasteiger partial charge in [0, 0.05) is 0 Å². The van der Waals surface area contributed by atoms with Gasteiger partial charge in [-0.25, -0.2) is 9.78 Å². The van der Waals surface area contributed by atoms with E-state index in [2.05, 4.69) is 4.98 Å². The van der Waals surface area contributed by atoms with E-state index in [1.807, 2.05) is 29.7 Å². The fraction of sp³-hybridized carbons (Fsp3) is 0.333. The number of imidazole rings is 1. The van der Waals surface area contributed by atoms with Crippen LogP contribution in [-0.2, 0) is 17.2 Å². The first kappa shape index (κ1) is 12.7. The molecule has 2 N–H and O–H groups in total. The lowest BCUT2D eigenvalue weighted by Gasteiger charge is -2.07. The molecule has 0 fully saturated rings. The van der Waals surface area contributed by atoms with Crippen LogP contribution in [-0.4, -0.2) is 22.3 Å². The summed E-state index contributed by atoms with van der Waals surface area (Å²) in [6, 6.07) is 5.93. The second-order valence-corrected chi connectivity index (χ2v) is 4.19. The maximum absolute atomic E-state index is 10.5. The number of amides is 1. The van der Waals surface area contributed by atoms with Gasteiger partial charge in [-0.05, 0) is 18.6 Å². The lowest BCUT2D eigenvalue weighted by Crippen LogP contribution is -2.17. The summed E-state index contributed by atoms with van der Waals surface area (Å²) in [5, 5.41) is 0. The van der Waals surface area contributed by atoms with E-state index in [9.17, 15) is 4.79 Å². The second kappa shape index (κ2) is 5.27. The molecule has 0 unspecified atom stereocenters. The van der Waals surface area contributed by atoms with Gasteiger partial charge < -0.3 is 15.0 Å². The molecule has 0 saturated carbocycles. The first-order chi connectivity index (χ1) is 8.63. The van der Waals surface area contributed by atoms with Crippen molar-refractivity contribution in [2.24, 2.45) is 5.73 Å². The highest BCUT2D eigenvalue weighted by Crippen LogP contribution is 2.20. The highest BCUT2D eigenvalue weighted by atomic mass is 35.5. The number of alkyl halides is 1. The van der Waals surface area contributed by atoms with E-state index in [1.54, 1.807) is 0 Å². The number of primary amides is 1. The van der Waals surface area contributed by atoms with Crippen molar-refractivity contribution in [1.29, 1.82) is 0 Å². The van der Waals surface area contributed by atoms with Crippen LogP contribution in [0.25, 0.3) is 11.0 Å². The monoisotopic (exact) mass is 267 g/mol. The Labute approximate surface area is 109 Å². The van der Waals surface area contributed by atoms with Gasteiger partial charge in [0.2, 0.25) is 0 Å². The Kier molecular flexibility index (Phi) is 3.72. The molecule has 0 spiro atoms. The third-order valence-corrected chi connectivity index (χ3v) is 2.98. The molecule has 5 nitrogen and oxygen atoms in total. The number of fused-ring (bicyclic) bond motifs is 1. The van der Waals surface area contributed by atoms with Crippen molar-refractivity contribution in [3.8, 4) is 0 Å². The van der Waals surface area contributed by atoms with Crippen molar-refractivity contribution in [3.63, 3.8) is 0 Å². The summed E-state index contributed by atoms with van der Waals surface area (Å²) in [6.45, 7) is 2.70. The number of aryl methyl sites for hydroxylation is 1. The highest BCUT2D eigenvalue weighted by molar-refractivity contribution is 6.16. The third kappa shape index (κ3) is 2.41. The van der Waals surface area contributed by atoms with Crippen molar-refractivity contribution in [1.82, 2.24) is 9.55 Å². The molecule has 96 valence electrons. The molecular weight excluding hydrogens is 254 g/mol. The summed E-state index contributed by atoms with van der Waals surface area (Å²) in [6.07, 6.45) is -0.775. The Bertz CT molecular complexity index is 580. The lowest BCUT2D eigenvalue weighted by molar-refractivity contribution is 0.152. The van der Waals surface area contributed by atoms with Crippen LogP contribution in [0.1, 0.15) is 11.4 Å². The van der Waals surface area contributed by atoms with Crippen LogP contribution in [0.5, 0.6) is 0 Å². The second-order valence-electron chi connectivity index (χ2n) is 3.92. The molecule has 1 amide bonds. The van der Waals surface area contributed by atoms with Gasteiger partial charge in [-0.2, -0.15) is 0 Å². The minimum Gasteiger partial charge on any atom is -0.448 e. The van der Waals surface area contributed by atoms with Crippen LogP contribution >= 0.6 is 11.6 Å². The highest BCUT2D eigenvalue weighted by Gasteiger charge is 2.11. The number of nitrogens with two attached hydrogens (primary N) is 1. The van der Waals surface area contributed by atoms with Crippen molar-refractivity contribution < 1.29 is 9.53 Å².